The van der Waals surface area contributed by atoms with Crippen molar-refractivity contribution in [1.82, 2.24) is 19.7 Å². The fourth-order valence-corrected chi connectivity index (χ4v) is 4.60. The summed E-state index contributed by atoms with van der Waals surface area (Å²) in [6.45, 7) is 6.85. The molecule has 0 spiro atoms. The monoisotopic (exact) mass is 390 g/mol. The lowest BCUT2D eigenvalue weighted by molar-refractivity contribution is 0.390. The fraction of sp³-hybridized carbons (Fsp3) is 0.333. The molecule has 27 heavy (non-hydrogen) atoms. The minimum atomic E-state index is -3.77. The van der Waals surface area contributed by atoms with E-state index in [1.807, 2.05) is 31.2 Å². The van der Waals surface area contributed by atoms with Gasteiger partial charge in [0.1, 0.15) is 16.3 Å². The summed E-state index contributed by atoms with van der Waals surface area (Å²) in [6.07, 6.45) is 1.67. The highest BCUT2D eigenvalue weighted by Crippen LogP contribution is 2.25. The van der Waals surface area contributed by atoms with Crippen molar-refractivity contribution in [3.05, 3.63) is 53.2 Å². The molecule has 1 atom stereocenters. The standard InChI is InChI=1S/C18H22N4O4S/c1-11(21-27(23,24)18-12(2)20-26-14(18)4)17-10-19-22(13(17)3)15-6-8-16(25-5)9-7-15/h6-11,21H,1-5H3. The molecule has 0 amide bonds. The van der Waals surface area contributed by atoms with Gasteiger partial charge >= 0.3 is 0 Å². The van der Waals surface area contributed by atoms with Crippen molar-refractivity contribution in [2.45, 2.75) is 38.6 Å². The van der Waals surface area contributed by atoms with Gasteiger partial charge in [0, 0.05) is 17.3 Å². The Labute approximate surface area is 158 Å². The summed E-state index contributed by atoms with van der Waals surface area (Å²) < 4.78 is 40.0. The third-order valence-corrected chi connectivity index (χ3v) is 6.18. The van der Waals surface area contributed by atoms with E-state index in [9.17, 15) is 8.42 Å². The molecule has 0 bridgehead atoms. The molecule has 1 unspecified atom stereocenters. The minimum Gasteiger partial charge on any atom is -0.497 e. The van der Waals surface area contributed by atoms with E-state index in [1.165, 1.54) is 0 Å². The van der Waals surface area contributed by atoms with Crippen LogP contribution in [-0.2, 0) is 10.0 Å². The van der Waals surface area contributed by atoms with Gasteiger partial charge in [0.2, 0.25) is 10.0 Å². The summed E-state index contributed by atoms with van der Waals surface area (Å²) in [5.74, 6) is 1.02. The SMILES string of the molecule is COc1ccc(-n2ncc(C(C)NS(=O)(=O)c3c(C)noc3C)c2C)cc1. The summed E-state index contributed by atoms with van der Waals surface area (Å²) in [5.41, 5.74) is 2.81. The molecule has 3 rings (SSSR count). The number of rotatable bonds is 6. The van der Waals surface area contributed by atoms with Gasteiger partial charge in [-0.2, -0.15) is 5.10 Å². The Morgan fingerprint density at radius 3 is 2.41 bits per heavy atom. The van der Waals surface area contributed by atoms with Gasteiger partial charge in [0.05, 0.1) is 19.0 Å². The van der Waals surface area contributed by atoms with Gasteiger partial charge in [-0.05, 0) is 52.0 Å². The van der Waals surface area contributed by atoms with E-state index in [1.54, 1.807) is 38.8 Å². The lowest BCUT2D eigenvalue weighted by Gasteiger charge is -2.14. The molecule has 8 nitrogen and oxygen atoms in total. The van der Waals surface area contributed by atoms with E-state index < -0.39 is 16.1 Å². The largest absolute Gasteiger partial charge is 0.497 e. The van der Waals surface area contributed by atoms with E-state index in [0.717, 1.165) is 22.7 Å². The molecule has 0 aliphatic heterocycles. The summed E-state index contributed by atoms with van der Waals surface area (Å²) >= 11 is 0. The summed E-state index contributed by atoms with van der Waals surface area (Å²) in [7, 11) is -2.16. The number of aryl methyl sites for hydroxylation is 2. The Bertz CT molecular complexity index is 1030. The van der Waals surface area contributed by atoms with Crippen molar-refractivity contribution in [3.63, 3.8) is 0 Å². The van der Waals surface area contributed by atoms with Gasteiger partial charge in [0.15, 0.2) is 5.76 Å². The predicted molar refractivity (Wildman–Crippen MR) is 99.6 cm³/mol. The van der Waals surface area contributed by atoms with Crippen molar-refractivity contribution >= 4 is 10.0 Å². The maximum Gasteiger partial charge on any atom is 0.246 e. The van der Waals surface area contributed by atoms with Crippen LogP contribution in [0.5, 0.6) is 5.75 Å². The first-order valence-corrected chi connectivity index (χ1v) is 9.87. The molecule has 0 aliphatic carbocycles. The first-order chi connectivity index (χ1) is 12.7. The quantitative estimate of drug-likeness (QED) is 0.695. The number of nitrogens with zero attached hydrogens (tertiary/aromatic N) is 3. The van der Waals surface area contributed by atoms with Gasteiger partial charge in [-0.1, -0.05) is 5.16 Å². The smallest absolute Gasteiger partial charge is 0.246 e. The first-order valence-electron chi connectivity index (χ1n) is 8.38. The minimum absolute atomic E-state index is 0.0783. The molecule has 9 heteroatoms. The second-order valence-electron chi connectivity index (χ2n) is 6.29. The van der Waals surface area contributed by atoms with E-state index in [4.69, 9.17) is 9.26 Å². The van der Waals surface area contributed by atoms with Crippen LogP contribution in [0, 0.1) is 20.8 Å². The van der Waals surface area contributed by atoms with E-state index in [2.05, 4.69) is 15.0 Å². The van der Waals surface area contributed by atoms with Crippen molar-refractivity contribution in [2.24, 2.45) is 0 Å². The summed E-state index contributed by atoms with van der Waals surface area (Å²) in [5, 5.41) is 8.12. The molecular formula is C18H22N4O4S. The number of sulfonamides is 1. The van der Waals surface area contributed by atoms with E-state index >= 15 is 0 Å². The molecule has 2 aromatic heterocycles. The second-order valence-corrected chi connectivity index (χ2v) is 7.94. The Morgan fingerprint density at radius 1 is 1.19 bits per heavy atom. The maximum absolute atomic E-state index is 12.7. The fourth-order valence-electron chi connectivity index (χ4n) is 3.04. The molecule has 0 fully saturated rings. The van der Waals surface area contributed by atoms with Crippen LogP contribution in [0.25, 0.3) is 5.69 Å². The van der Waals surface area contributed by atoms with E-state index in [-0.39, 0.29) is 10.7 Å². The van der Waals surface area contributed by atoms with Crippen LogP contribution in [0.2, 0.25) is 0 Å². The Morgan fingerprint density at radius 2 is 1.85 bits per heavy atom. The second kappa shape index (κ2) is 7.16. The van der Waals surface area contributed by atoms with Crippen LogP contribution >= 0.6 is 0 Å². The van der Waals surface area contributed by atoms with E-state index in [0.29, 0.717) is 5.69 Å². The number of ether oxygens (including phenoxy) is 1. The van der Waals surface area contributed by atoms with Crippen LogP contribution in [0.15, 0.2) is 39.9 Å². The third-order valence-electron chi connectivity index (χ3n) is 4.40. The number of nitrogens with one attached hydrogen (secondary N) is 1. The predicted octanol–water partition coefficient (Wildman–Crippen LogP) is 2.83. The van der Waals surface area contributed by atoms with Crippen LogP contribution in [0.4, 0.5) is 0 Å². The first kappa shape index (κ1) is 19.1. The zero-order chi connectivity index (χ0) is 19.8. The highest BCUT2D eigenvalue weighted by molar-refractivity contribution is 7.89. The van der Waals surface area contributed by atoms with Crippen molar-refractivity contribution in [2.75, 3.05) is 7.11 Å². The maximum atomic E-state index is 12.7. The average Bonchev–Trinajstić information content (AvgIpc) is 3.17. The lowest BCUT2D eigenvalue weighted by atomic mass is 10.1. The Kier molecular flexibility index (Phi) is 5.07. The highest BCUT2D eigenvalue weighted by atomic mass is 32.2. The molecule has 3 aromatic rings. The molecular weight excluding hydrogens is 368 g/mol. The topological polar surface area (TPSA) is 99.2 Å². The average molecular weight is 390 g/mol. The molecule has 1 aromatic carbocycles. The van der Waals surface area contributed by atoms with Gasteiger partial charge in [0.25, 0.3) is 0 Å². The molecule has 1 N–H and O–H groups in total. The number of hydrogen-bond acceptors (Lipinski definition) is 6. The number of benzene rings is 1. The normalized spacial score (nSPS) is 12.9. The Balaban J connectivity index is 1.88. The molecule has 0 saturated carbocycles. The zero-order valence-electron chi connectivity index (χ0n) is 15.8. The summed E-state index contributed by atoms with van der Waals surface area (Å²) in [6, 6.07) is 7.00. The molecule has 2 heterocycles. The van der Waals surface area contributed by atoms with Gasteiger partial charge in [-0.3, -0.25) is 0 Å². The third kappa shape index (κ3) is 3.60. The number of methoxy groups -OCH3 is 1. The van der Waals surface area contributed by atoms with Gasteiger partial charge < -0.3 is 9.26 Å². The number of hydrogen-bond donors (Lipinski definition) is 1. The van der Waals surface area contributed by atoms with Crippen LogP contribution in [0.3, 0.4) is 0 Å². The van der Waals surface area contributed by atoms with Crippen LogP contribution in [-0.4, -0.2) is 30.5 Å². The molecule has 0 saturated heterocycles. The van der Waals surface area contributed by atoms with Crippen molar-refractivity contribution < 1.29 is 17.7 Å². The molecule has 0 radical (unpaired) electrons. The molecule has 144 valence electrons. The Hall–Kier alpha value is -2.65. The van der Waals surface area contributed by atoms with Gasteiger partial charge in [-0.15, -0.1) is 0 Å². The summed E-state index contributed by atoms with van der Waals surface area (Å²) in [4.78, 5) is 0.0783. The number of aromatic nitrogens is 3. The van der Waals surface area contributed by atoms with Crippen LogP contribution in [0.1, 0.15) is 35.7 Å². The van der Waals surface area contributed by atoms with Crippen molar-refractivity contribution in [1.29, 1.82) is 0 Å². The zero-order valence-corrected chi connectivity index (χ0v) is 16.7. The van der Waals surface area contributed by atoms with Crippen LogP contribution < -0.4 is 9.46 Å². The molecule has 0 aliphatic rings. The van der Waals surface area contributed by atoms with Gasteiger partial charge in [-0.25, -0.2) is 17.8 Å². The highest BCUT2D eigenvalue weighted by Gasteiger charge is 2.27. The lowest BCUT2D eigenvalue weighted by Crippen LogP contribution is -2.28. The van der Waals surface area contributed by atoms with Crippen molar-refractivity contribution in [3.8, 4) is 11.4 Å².